The molecule has 1 heterocycles. The van der Waals surface area contributed by atoms with Gasteiger partial charge >= 0.3 is 0 Å². The molecule has 0 saturated carbocycles. The molecule has 0 spiro atoms. The summed E-state index contributed by atoms with van der Waals surface area (Å²) in [6, 6.07) is 19.5. The fourth-order valence-corrected chi connectivity index (χ4v) is 4.50. The molecule has 0 atom stereocenters. The summed E-state index contributed by atoms with van der Waals surface area (Å²) < 4.78 is 13.8. The van der Waals surface area contributed by atoms with E-state index in [1.165, 1.54) is 18.2 Å². The van der Waals surface area contributed by atoms with Crippen molar-refractivity contribution in [1.82, 2.24) is 4.98 Å². The highest BCUT2D eigenvalue weighted by Gasteiger charge is 2.20. The molecule has 0 amide bonds. The molecule has 6 heteroatoms. The fraction of sp³-hybridized carbons (Fsp3) is 0.0741. The van der Waals surface area contributed by atoms with E-state index in [0.29, 0.717) is 27.6 Å². The van der Waals surface area contributed by atoms with Crippen LogP contribution in [0.1, 0.15) is 35.7 Å². The number of benzene rings is 3. The maximum atomic E-state index is 13.8. The number of carboxylic acids is 1. The van der Waals surface area contributed by atoms with Crippen molar-refractivity contribution in [2.24, 2.45) is 0 Å². The molecule has 0 aliphatic carbocycles. The Morgan fingerprint density at radius 1 is 1.06 bits per heavy atom. The topological polar surface area (TPSA) is 55.9 Å². The van der Waals surface area contributed by atoms with Crippen molar-refractivity contribution >= 4 is 57.3 Å². The number of carbonyl (C=O) groups excluding carboxylic acids is 1. The lowest BCUT2D eigenvalue weighted by atomic mass is 9.90. The van der Waals surface area contributed by atoms with E-state index in [9.17, 15) is 14.3 Å². The number of carboxylic acid groups (broad SMARTS) is 1. The largest absolute Gasteiger partial charge is 0.545 e. The summed E-state index contributed by atoms with van der Waals surface area (Å²) in [4.78, 5) is 14.2. The van der Waals surface area contributed by atoms with E-state index in [1.807, 2.05) is 55.5 Å². The Bertz CT molecular complexity index is 1400. The minimum Gasteiger partial charge on any atom is -0.545 e. The van der Waals surface area contributed by atoms with Gasteiger partial charge in [0.15, 0.2) is 0 Å². The summed E-state index contributed by atoms with van der Waals surface area (Å²) in [7, 11) is 0. The number of hydrogen-bond donors (Lipinski definition) is 1. The molecule has 3 aromatic carbocycles. The number of fused-ring (bicyclic) bond motifs is 1. The van der Waals surface area contributed by atoms with Gasteiger partial charge in [-0.2, -0.15) is 0 Å². The number of aromatic amines is 1. The lowest BCUT2D eigenvalue weighted by Crippen LogP contribution is -2.18. The first-order valence-corrected chi connectivity index (χ1v) is 11.1. The zero-order valence-electron chi connectivity index (χ0n) is 17.7. The molecule has 1 N–H and O–H groups in total. The lowest BCUT2D eigenvalue weighted by molar-refractivity contribution is -0.297. The number of H-pyrrole nitrogens is 1. The van der Waals surface area contributed by atoms with Crippen LogP contribution in [0.3, 0.4) is 0 Å². The minimum absolute atomic E-state index is 0.310. The number of halogens is 3. The Morgan fingerprint density at radius 2 is 1.79 bits per heavy atom. The number of aliphatic carboxylic acids is 1. The summed E-state index contributed by atoms with van der Waals surface area (Å²) >= 11 is 13.3. The van der Waals surface area contributed by atoms with Crippen molar-refractivity contribution in [3.8, 4) is 0 Å². The standard InChI is InChI=1S/C27H20Cl2FNO2/c1-2-19(20-13-12-18(30)15-22(20)28)25(17-10-7-16(8-11-17)9-14-24(32)33)27-26(29)21-5-3-4-6-23(21)31-27/h3-15,31H,2H2,1H3,(H,32,33)/p-1/b14-9+,25-19+. The molecule has 3 nitrogen and oxygen atoms in total. The van der Waals surface area contributed by atoms with Crippen LogP contribution in [0.5, 0.6) is 0 Å². The van der Waals surface area contributed by atoms with Crippen molar-refractivity contribution in [2.75, 3.05) is 0 Å². The normalized spacial score (nSPS) is 12.4. The molecule has 33 heavy (non-hydrogen) atoms. The smallest absolute Gasteiger partial charge is 0.124 e. The second-order valence-corrected chi connectivity index (χ2v) is 8.25. The van der Waals surface area contributed by atoms with E-state index < -0.39 is 11.8 Å². The van der Waals surface area contributed by atoms with Gasteiger partial charge in [0.05, 0.1) is 21.7 Å². The average molecular weight is 479 g/mol. The van der Waals surface area contributed by atoms with E-state index in [-0.39, 0.29) is 0 Å². The van der Waals surface area contributed by atoms with E-state index in [1.54, 1.807) is 6.07 Å². The van der Waals surface area contributed by atoms with Crippen LogP contribution in [-0.2, 0) is 4.79 Å². The molecule has 0 fully saturated rings. The first-order valence-electron chi connectivity index (χ1n) is 10.3. The van der Waals surface area contributed by atoms with Gasteiger partial charge in [-0.3, -0.25) is 0 Å². The van der Waals surface area contributed by atoms with E-state index in [4.69, 9.17) is 23.2 Å². The molecule has 0 unspecified atom stereocenters. The van der Waals surface area contributed by atoms with Crippen molar-refractivity contribution < 1.29 is 14.3 Å². The zero-order valence-corrected chi connectivity index (χ0v) is 19.2. The van der Waals surface area contributed by atoms with Crippen LogP contribution in [0.2, 0.25) is 10.0 Å². The summed E-state index contributed by atoms with van der Waals surface area (Å²) in [5, 5.41) is 12.5. The van der Waals surface area contributed by atoms with Gasteiger partial charge in [-0.25, -0.2) is 4.39 Å². The maximum absolute atomic E-state index is 13.8. The Hall–Kier alpha value is -3.34. The molecule has 0 aliphatic rings. The van der Waals surface area contributed by atoms with Gasteiger partial charge in [0.25, 0.3) is 0 Å². The highest BCUT2D eigenvalue weighted by Crippen LogP contribution is 2.41. The maximum Gasteiger partial charge on any atom is 0.124 e. The first kappa shape index (κ1) is 22.8. The number of rotatable bonds is 6. The monoisotopic (exact) mass is 478 g/mol. The first-order chi connectivity index (χ1) is 15.9. The Balaban J connectivity index is 1.98. The molecular formula is C27H19Cl2FNO2-. The highest BCUT2D eigenvalue weighted by molar-refractivity contribution is 6.38. The van der Waals surface area contributed by atoms with Crippen molar-refractivity contribution in [3.63, 3.8) is 0 Å². The van der Waals surface area contributed by atoms with Gasteiger partial charge in [0.2, 0.25) is 0 Å². The van der Waals surface area contributed by atoms with Crippen molar-refractivity contribution in [3.05, 3.63) is 111 Å². The zero-order chi connectivity index (χ0) is 23.5. The van der Waals surface area contributed by atoms with Gasteiger partial charge < -0.3 is 14.9 Å². The van der Waals surface area contributed by atoms with Gasteiger partial charge in [-0.1, -0.05) is 84.7 Å². The molecule has 166 valence electrons. The van der Waals surface area contributed by atoms with Crippen molar-refractivity contribution in [1.29, 1.82) is 0 Å². The van der Waals surface area contributed by atoms with Crippen LogP contribution in [-0.4, -0.2) is 11.0 Å². The SMILES string of the molecule is CC/C(=C(/c1ccc(/C=C/C(=O)[O-])cc1)c1[nH]c2ccccc2c1Cl)c1ccc(F)cc1Cl. The summed E-state index contributed by atoms with van der Waals surface area (Å²) in [5.41, 5.74) is 5.63. The second kappa shape index (κ2) is 9.65. The summed E-state index contributed by atoms with van der Waals surface area (Å²) in [5.74, 6) is -1.67. The highest BCUT2D eigenvalue weighted by atomic mass is 35.5. The Kier molecular flexibility index (Phi) is 6.68. The van der Waals surface area contributed by atoms with Crippen LogP contribution in [0.4, 0.5) is 4.39 Å². The summed E-state index contributed by atoms with van der Waals surface area (Å²) in [6.45, 7) is 2.00. The lowest BCUT2D eigenvalue weighted by Gasteiger charge is -2.17. The van der Waals surface area contributed by atoms with Crippen LogP contribution in [0.25, 0.3) is 28.1 Å². The number of carbonyl (C=O) groups is 1. The van der Waals surface area contributed by atoms with Crippen LogP contribution < -0.4 is 5.11 Å². The van der Waals surface area contributed by atoms with E-state index >= 15 is 0 Å². The number of hydrogen-bond acceptors (Lipinski definition) is 2. The quantitative estimate of drug-likeness (QED) is 0.246. The number of nitrogens with one attached hydrogen (secondary N) is 1. The molecule has 0 radical (unpaired) electrons. The van der Waals surface area contributed by atoms with Gasteiger partial charge in [0.1, 0.15) is 5.82 Å². The van der Waals surface area contributed by atoms with E-state index in [2.05, 4.69) is 4.98 Å². The van der Waals surface area contributed by atoms with Gasteiger partial charge in [-0.15, -0.1) is 0 Å². The van der Waals surface area contributed by atoms with E-state index in [0.717, 1.165) is 39.4 Å². The summed E-state index contributed by atoms with van der Waals surface area (Å²) in [6.07, 6.45) is 3.06. The molecule has 0 bridgehead atoms. The molecule has 1 aromatic heterocycles. The van der Waals surface area contributed by atoms with Crippen LogP contribution in [0.15, 0.2) is 72.8 Å². The number of aromatic nitrogens is 1. The number of allylic oxidation sites excluding steroid dienone is 1. The third kappa shape index (κ3) is 4.72. The minimum atomic E-state index is -1.26. The van der Waals surface area contributed by atoms with Crippen LogP contribution in [0, 0.1) is 5.82 Å². The molecule has 0 aliphatic heterocycles. The molecule has 4 rings (SSSR count). The second-order valence-electron chi connectivity index (χ2n) is 7.47. The van der Waals surface area contributed by atoms with Gasteiger partial charge in [-0.05, 0) is 53.0 Å². The predicted octanol–water partition coefficient (Wildman–Crippen LogP) is 6.75. The predicted molar refractivity (Wildman–Crippen MR) is 131 cm³/mol. The van der Waals surface area contributed by atoms with Crippen molar-refractivity contribution in [2.45, 2.75) is 13.3 Å². The fourth-order valence-electron chi connectivity index (χ4n) is 3.91. The molecule has 4 aromatic rings. The third-order valence-electron chi connectivity index (χ3n) is 5.42. The Morgan fingerprint density at radius 3 is 2.42 bits per heavy atom. The van der Waals surface area contributed by atoms with Gasteiger partial charge in [0, 0.05) is 16.5 Å². The number of para-hydroxylation sites is 1. The average Bonchev–Trinajstić information content (AvgIpc) is 3.13. The third-order valence-corrected chi connectivity index (χ3v) is 6.12. The molecular weight excluding hydrogens is 460 g/mol. The van der Waals surface area contributed by atoms with Crippen LogP contribution >= 0.6 is 23.2 Å². The Labute approximate surface area is 200 Å². The molecule has 0 saturated heterocycles.